The molecular formula is C9H7F5N2O2. The van der Waals surface area contributed by atoms with Gasteiger partial charge in [-0.15, -0.1) is 0 Å². The predicted octanol–water partition coefficient (Wildman–Crippen LogP) is 0.841. The lowest BCUT2D eigenvalue weighted by Crippen LogP contribution is -2.43. The van der Waals surface area contributed by atoms with E-state index in [1.807, 2.05) is 0 Å². The van der Waals surface area contributed by atoms with Crippen LogP contribution in [0.3, 0.4) is 0 Å². The van der Waals surface area contributed by atoms with Crippen LogP contribution in [0.15, 0.2) is 0 Å². The van der Waals surface area contributed by atoms with E-state index in [1.54, 1.807) is 5.43 Å². The first-order valence-electron chi connectivity index (χ1n) is 4.50. The van der Waals surface area contributed by atoms with Gasteiger partial charge in [-0.1, -0.05) is 0 Å². The summed E-state index contributed by atoms with van der Waals surface area (Å²) in [5, 5.41) is 8.56. The Kier molecular flexibility index (Phi) is 4.19. The lowest BCUT2D eigenvalue weighted by atomic mass is 10.0. The largest absolute Gasteiger partial charge is 0.480 e. The number of nitrogens with one attached hydrogen (secondary N) is 1. The van der Waals surface area contributed by atoms with E-state index in [1.165, 1.54) is 0 Å². The highest BCUT2D eigenvalue weighted by Gasteiger charge is 2.28. The van der Waals surface area contributed by atoms with Crippen molar-refractivity contribution >= 4 is 5.97 Å². The second-order valence-electron chi connectivity index (χ2n) is 3.31. The van der Waals surface area contributed by atoms with E-state index in [0.717, 1.165) is 0 Å². The zero-order valence-corrected chi connectivity index (χ0v) is 8.61. The van der Waals surface area contributed by atoms with Gasteiger partial charge in [-0.05, 0) is 0 Å². The van der Waals surface area contributed by atoms with Gasteiger partial charge >= 0.3 is 5.97 Å². The molecule has 0 fully saturated rings. The van der Waals surface area contributed by atoms with Gasteiger partial charge in [0.05, 0.1) is 0 Å². The smallest absolute Gasteiger partial charge is 0.322 e. The number of nitrogens with two attached hydrogens (primary N) is 1. The third-order valence-electron chi connectivity index (χ3n) is 2.21. The minimum absolute atomic E-state index is 0.988. The Hall–Kier alpha value is -1.74. The SMILES string of the molecule is NNC(Cc1c(F)c(F)c(F)c(F)c1F)C(=O)O. The Balaban J connectivity index is 3.29. The van der Waals surface area contributed by atoms with Crippen LogP contribution in [0.1, 0.15) is 5.56 Å². The molecule has 0 saturated heterocycles. The van der Waals surface area contributed by atoms with Crippen molar-refractivity contribution in [1.82, 2.24) is 5.43 Å². The number of carbonyl (C=O) groups is 1. The normalized spacial score (nSPS) is 12.6. The molecule has 0 aliphatic carbocycles. The van der Waals surface area contributed by atoms with Crippen LogP contribution in [0.4, 0.5) is 22.0 Å². The molecule has 0 amide bonds. The predicted molar refractivity (Wildman–Crippen MR) is 48.7 cm³/mol. The maximum absolute atomic E-state index is 13.2. The summed E-state index contributed by atoms with van der Waals surface area (Å²) >= 11 is 0. The Morgan fingerprint density at radius 1 is 1.06 bits per heavy atom. The van der Waals surface area contributed by atoms with Crippen LogP contribution in [0.2, 0.25) is 0 Å². The monoisotopic (exact) mass is 270 g/mol. The van der Waals surface area contributed by atoms with E-state index in [-0.39, 0.29) is 0 Å². The number of benzene rings is 1. The molecule has 1 rings (SSSR count). The third kappa shape index (κ3) is 2.41. The summed E-state index contributed by atoms with van der Waals surface area (Å²) in [6, 6.07) is -1.68. The average molecular weight is 270 g/mol. The zero-order valence-electron chi connectivity index (χ0n) is 8.61. The molecule has 0 heterocycles. The molecule has 0 radical (unpaired) electrons. The van der Waals surface area contributed by atoms with Gasteiger partial charge in [0.25, 0.3) is 0 Å². The van der Waals surface area contributed by atoms with E-state index in [4.69, 9.17) is 10.9 Å². The summed E-state index contributed by atoms with van der Waals surface area (Å²) in [7, 11) is 0. The summed E-state index contributed by atoms with van der Waals surface area (Å²) < 4.78 is 64.6. The fraction of sp³-hybridized carbons (Fsp3) is 0.222. The van der Waals surface area contributed by atoms with Crippen molar-refractivity contribution in [3.63, 3.8) is 0 Å². The second-order valence-corrected chi connectivity index (χ2v) is 3.31. The molecule has 1 aromatic rings. The van der Waals surface area contributed by atoms with Crippen molar-refractivity contribution in [2.75, 3.05) is 0 Å². The molecule has 0 aromatic heterocycles. The van der Waals surface area contributed by atoms with Crippen molar-refractivity contribution in [2.24, 2.45) is 5.84 Å². The quantitative estimate of drug-likeness (QED) is 0.249. The molecule has 4 N–H and O–H groups in total. The van der Waals surface area contributed by atoms with E-state index in [9.17, 15) is 26.7 Å². The van der Waals surface area contributed by atoms with Crippen LogP contribution in [0.5, 0.6) is 0 Å². The summed E-state index contributed by atoms with van der Waals surface area (Å²) in [6.45, 7) is 0. The number of rotatable bonds is 4. The van der Waals surface area contributed by atoms with Crippen LogP contribution >= 0.6 is 0 Å². The lowest BCUT2D eigenvalue weighted by molar-refractivity contribution is -0.139. The first-order chi connectivity index (χ1) is 8.31. The van der Waals surface area contributed by atoms with E-state index >= 15 is 0 Å². The summed E-state index contributed by atoms with van der Waals surface area (Å²) in [6.07, 6.45) is -0.988. The molecule has 0 aliphatic heterocycles. The summed E-state index contributed by atoms with van der Waals surface area (Å²) in [5.74, 6) is -7.53. The maximum Gasteiger partial charge on any atom is 0.322 e. The fourth-order valence-electron chi connectivity index (χ4n) is 1.25. The highest BCUT2D eigenvalue weighted by atomic mass is 19.2. The van der Waals surface area contributed by atoms with Crippen LogP contribution in [-0.2, 0) is 11.2 Å². The molecule has 100 valence electrons. The van der Waals surface area contributed by atoms with Gasteiger partial charge in [-0.2, -0.15) is 0 Å². The average Bonchev–Trinajstić information content (AvgIpc) is 2.34. The molecule has 1 unspecified atom stereocenters. The number of hydrazine groups is 1. The van der Waals surface area contributed by atoms with Gasteiger partial charge < -0.3 is 5.11 Å². The Labute approximate surface area is 97.2 Å². The van der Waals surface area contributed by atoms with Crippen molar-refractivity contribution < 1.29 is 31.9 Å². The molecule has 9 heteroatoms. The maximum atomic E-state index is 13.2. The van der Waals surface area contributed by atoms with Crippen molar-refractivity contribution in [1.29, 1.82) is 0 Å². The standard InChI is InChI=1S/C9H7F5N2O2/c10-4-2(1-3(16-15)9(17)18)5(11)7(13)8(14)6(4)12/h3,16H,1,15H2,(H,17,18). The molecule has 0 saturated carbocycles. The molecule has 0 bridgehead atoms. The molecule has 0 aliphatic rings. The lowest BCUT2D eigenvalue weighted by Gasteiger charge is -2.13. The minimum Gasteiger partial charge on any atom is -0.480 e. The van der Waals surface area contributed by atoms with Gasteiger partial charge in [0.1, 0.15) is 6.04 Å². The number of carboxylic acids is 1. The first kappa shape index (κ1) is 14.3. The second kappa shape index (κ2) is 5.27. The molecule has 4 nitrogen and oxygen atoms in total. The first-order valence-corrected chi connectivity index (χ1v) is 4.50. The number of aliphatic carboxylic acids is 1. The minimum atomic E-state index is -2.30. The van der Waals surface area contributed by atoms with E-state index < -0.39 is 53.1 Å². The van der Waals surface area contributed by atoms with Gasteiger partial charge in [-0.25, -0.2) is 27.4 Å². The number of hydrogen-bond donors (Lipinski definition) is 3. The number of halogens is 5. The number of carboxylic acid groups (broad SMARTS) is 1. The Morgan fingerprint density at radius 3 is 1.78 bits per heavy atom. The molecular weight excluding hydrogens is 263 g/mol. The Morgan fingerprint density at radius 2 is 1.44 bits per heavy atom. The van der Waals surface area contributed by atoms with E-state index in [0.29, 0.717) is 0 Å². The van der Waals surface area contributed by atoms with Crippen LogP contribution < -0.4 is 11.3 Å². The van der Waals surface area contributed by atoms with Gasteiger partial charge in [-0.3, -0.25) is 10.6 Å². The highest BCUT2D eigenvalue weighted by molar-refractivity contribution is 5.73. The number of hydrogen-bond acceptors (Lipinski definition) is 3. The van der Waals surface area contributed by atoms with Crippen LogP contribution in [0.25, 0.3) is 0 Å². The Bertz CT molecular complexity index is 465. The molecule has 0 spiro atoms. The zero-order chi connectivity index (χ0) is 14.0. The van der Waals surface area contributed by atoms with Gasteiger partial charge in [0.15, 0.2) is 23.3 Å². The van der Waals surface area contributed by atoms with E-state index in [2.05, 4.69) is 0 Å². The van der Waals surface area contributed by atoms with Crippen LogP contribution in [0, 0.1) is 29.1 Å². The van der Waals surface area contributed by atoms with Crippen molar-refractivity contribution in [3.8, 4) is 0 Å². The molecule has 1 aromatic carbocycles. The highest BCUT2D eigenvalue weighted by Crippen LogP contribution is 2.23. The molecule has 18 heavy (non-hydrogen) atoms. The topological polar surface area (TPSA) is 75.3 Å². The van der Waals surface area contributed by atoms with Gasteiger partial charge in [0, 0.05) is 12.0 Å². The fourth-order valence-corrected chi connectivity index (χ4v) is 1.25. The van der Waals surface area contributed by atoms with Crippen LogP contribution in [-0.4, -0.2) is 17.1 Å². The summed E-state index contributed by atoms with van der Waals surface area (Å²) in [5.41, 5.74) is 0.447. The third-order valence-corrected chi connectivity index (χ3v) is 2.21. The molecule has 1 atom stereocenters. The summed E-state index contributed by atoms with van der Waals surface area (Å²) in [4.78, 5) is 10.5. The van der Waals surface area contributed by atoms with Gasteiger partial charge in [0.2, 0.25) is 5.82 Å². The van der Waals surface area contributed by atoms with Crippen molar-refractivity contribution in [2.45, 2.75) is 12.5 Å². The van der Waals surface area contributed by atoms with Crippen molar-refractivity contribution in [3.05, 3.63) is 34.6 Å².